The first-order valence-corrected chi connectivity index (χ1v) is 8.63. The zero-order chi connectivity index (χ0) is 18.0. The maximum atomic E-state index is 12.4. The van der Waals surface area contributed by atoms with Crippen LogP contribution in [0.5, 0.6) is 0 Å². The molecule has 0 aliphatic heterocycles. The van der Waals surface area contributed by atoms with E-state index in [9.17, 15) is 14.7 Å². The fourth-order valence-electron chi connectivity index (χ4n) is 2.57. The number of thiophene rings is 1. The lowest BCUT2D eigenvalue weighted by Gasteiger charge is -2.09. The summed E-state index contributed by atoms with van der Waals surface area (Å²) >= 11 is 7.05. The molecule has 128 valence electrons. The number of aromatic carboxylic acids is 1. The molecule has 0 saturated carbocycles. The minimum absolute atomic E-state index is 0.0576. The Kier molecular flexibility index (Phi) is 4.92. The van der Waals surface area contributed by atoms with Crippen LogP contribution in [0, 0.1) is 0 Å². The summed E-state index contributed by atoms with van der Waals surface area (Å²) in [7, 11) is 1.49. The largest absolute Gasteiger partial charge is 0.496 e. The summed E-state index contributed by atoms with van der Waals surface area (Å²) < 4.78 is 5.15. The number of amides is 1. The number of carboxylic acids is 1. The van der Waals surface area contributed by atoms with Crippen molar-refractivity contribution in [2.75, 3.05) is 12.4 Å². The molecule has 1 aromatic heterocycles. The van der Waals surface area contributed by atoms with E-state index in [-0.39, 0.29) is 10.6 Å². The molecule has 1 aliphatic rings. The number of rotatable bonds is 5. The highest BCUT2D eigenvalue weighted by Gasteiger charge is 2.24. The van der Waals surface area contributed by atoms with Crippen LogP contribution >= 0.6 is 22.9 Å². The molecule has 25 heavy (non-hydrogen) atoms. The molecule has 2 aromatic rings. The van der Waals surface area contributed by atoms with Crippen LogP contribution in [0.2, 0.25) is 5.02 Å². The van der Waals surface area contributed by atoms with Crippen molar-refractivity contribution >= 4 is 39.8 Å². The van der Waals surface area contributed by atoms with Crippen LogP contribution in [0.15, 0.2) is 53.1 Å². The summed E-state index contributed by atoms with van der Waals surface area (Å²) in [5.74, 6) is -1.01. The third kappa shape index (κ3) is 3.45. The van der Waals surface area contributed by atoms with Crippen molar-refractivity contribution in [2.45, 2.75) is 6.42 Å². The summed E-state index contributed by atoms with van der Waals surface area (Å²) in [5.41, 5.74) is 1.71. The van der Waals surface area contributed by atoms with Crippen LogP contribution in [0.1, 0.15) is 16.8 Å². The van der Waals surface area contributed by atoms with E-state index < -0.39 is 11.9 Å². The van der Waals surface area contributed by atoms with Gasteiger partial charge in [0.1, 0.15) is 16.3 Å². The Labute approximate surface area is 153 Å². The van der Waals surface area contributed by atoms with Gasteiger partial charge in [0, 0.05) is 16.0 Å². The Morgan fingerprint density at radius 1 is 1.24 bits per heavy atom. The summed E-state index contributed by atoms with van der Waals surface area (Å²) in [5, 5.41) is 14.8. The van der Waals surface area contributed by atoms with Crippen molar-refractivity contribution in [3.63, 3.8) is 0 Å². The summed E-state index contributed by atoms with van der Waals surface area (Å²) in [6, 6.07) is 6.87. The highest BCUT2D eigenvalue weighted by molar-refractivity contribution is 7.15. The standard InChI is InChI=1S/C18H14ClNO4S/c1-24-14-4-2-3-12(14)16(21)20-17-15(18(22)23)13(9-25-17)10-5-7-11(19)8-6-10/h3-9H,2H2,1H3,(H,20,21)(H,22,23). The van der Waals surface area contributed by atoms with E-state index in [1.165, 1.54) is 18.4 Å². The molecule has 1 aromatic carbocycles. The Bertz CT molecular complexity index is 896. The predicted molar refractivity (Wildman–Crippen MR) is 98.1 cm³/mol. The van der Waals surface area contributed by atoms with Crippen LogP contribution < -0.4 is 5.32 Å². The molecule has 3 rings (SSSR count). The number of hydrogen-bond acceptors (Lipinski definition) is 4. The van der Waals surface area contributed by atoms with E-state index in [1.807, 2.05) is 0 Å². The Morgan fingerprint density at radius 3 is 2.60 bits per heavy atom. The van der Waals surface area contributed by atoms with E-state index in [1.54, 1.807) is 41.8 Å². The quantitative estimate of drug-likeness (QED) is 0.802. The number of anilines is 1. The molecular weight excluding hydrogens is 362 g/mol. The lowest BCUT2D eigenvalue weighted by atomic mass is 10.0. The van der Waals surface area contributed by atoms with E-state index >= 15 is 0 Å². The Hall–Kier alpha value is -2.57. The second kappa shape index (κ2) is 7.13. The molecule has 0 atom stereocenters. The van der Waals surface area contributed by atoms with Crippen LogP contribution in [0.4, 0.5) is 5.00 Å². The predicted octanol–water partition coefficient (Wildman–Crippen LogP) is 4.57. The van der Waals surface area contributed by atoms with Gasteiger partial charge in [-0.05, 0) is 30.2 Å². The molecule has 0 bridgehead atoms. The van der Waals surface area contributed by atoms with E-state index in [0.29, 0.717) is 28.3 Å². The number of halogens is 1. The van der Waals surface area contributed by atoms with E-state index in [0.717, 1.165) is 5.56 Å². The Balaban J connectivity index is 1.93. The number of allylic oxidation sites excluding steroid dienone is 2. The first-order valence-electron chi connectivity index (χ1n) is 7.38. The van der Waals surface area contributed by atoms with Gasteiger partial charge >= 0.3 is 5.97 Å². The van der Waals surface area contributed by atoms with Crippen molar-refractivity contribution in [3.05, 3.63) is 63.7 Å². The molecule has 0 radical (unpaired) electrons. The van der Waals surface area contributed by atoms with Gasteiger partial charge < -0.3 is 15.2 Å². The Morgan fingerprint density at radius 2 is 1.96 bits per heavy atom. The molecule has 0 fully saturated rings. The number of carbonyl (C=O) groups excluding carboxylic acids is 1. The van der Waals surface area contributed by atoms with Gasteiger partial charge in [0.2, 0.25) is 0 Å². The smallest absolute Gasteiger partial charge is 0.339 e. The first-order chi connectivity index (χ1) is 12.0. The highest BCUT2D eigenvalue weighted by atomic mass is 35.5. The summed E-state index contributed by atoms with van der Waals surface area (Å²) in [6.45, 7) is 0. The average molecular weight is 376 g/mol. The van der Waals surface area contributed by atoms with Crippen LogP contribution in [-0.4, -0.2) is 24.1 Å². The molecule has 1 heterocycles. The monoisotopic (exact) mass is 375 g/mol. The van der Waals surface area contributed by atoms with Gasteiger partial charge in [-0.3, -0.25) is 4.79 Å². The van der Waals surface area contributed by atoms with Gasteiger partial charge in [-0.15, -0.1) is 11.3 Å². The highest BCUT2D eigenvalue weighted by Crippen LogP contribution is 2.36. The molecule has 1 aliphatic carbocycles. The number of benzene rings is 1. The molecule has 1 amide bonds. The SMILES string of the molecule is COC1=CCC=C1C(=O)Nc1scc(-c2ccc(Cl)cc2)c1C(=O)O. The molecule has 5 nitrogen and oxygen atoms in total. The fourth-order valence-corrected chi connectivity index (χ4v) is 3.65. The molecule has 2 N–H and O–H groups in total. The minimum atomic E-state index is -1.11. The zero-order valence-electron chi connectivity index (χ0n) is 13.2. The normalized spacial score (nSPS) is 13.2. The third-order valence-corrected chi connectivity index (χ3v) is 4.89. The maximum absolute atomic E-state index is 12.4. The third-order valence-electron chi connectivity index (χ3n) is 3.74. The molecular formula is C18H14ClNO4S. The fraction of sp³-hybridized carbons (Fsp3) is 0.111. The molecule has 0 spiro atoms. The first kappa shape index (κ1) is 17.3. The average Bonchev–Trinajstić information content (AvgIpc) is 3.22. The van der Waals surface area contributed by atoms with Crippen molar-refractivity contribution in [1.82, 2.24) is 0 Å². The van der Waals surface area contributed by atoms with Crippen LogP contribution in [0.25, 0.3) is 11.1 Å². The number of hydrogen-bond donors (Lipinski definition) is 2. The van der Waals surface area contributed by atoms with E-state index in [2.05, 4.69) is 5.32 Å². The topological polar surface area (TPSA) is 75.6 Å². The van der Waals surface area contributed by atoms with Gasteiger partial charge in [0.05, 0.1) is 12.7 Å². The van der Waals surface area contributed by atoms with Crippen molar-refractivity contribution in [3.8, 4) is 11.1 Å². The van der Waals surface area contributed by atoms with Gasteiger partial charge in [-0.2, -0.15) is 0 Å². The number of carboxylic acid groups (broad SMARTS) is 1. The van der Waals surface area contributed by atoms with Crippen molar-refractivity contribution < 1.29 is 19.4 Å². The van der Waals surface area contributed by atoms with Crippen LogP contribution in [0.3, 0.4) is 0 Å². The second-order valence-corrected chi connectivity index (χ2v) is 6.56. The second-order valence-electron chi connectivity index (χ2n) is 5.25. The lowest BCUT2D eigenvalue weighted by Crippen LogP contribution is -2.16. The minimum Gasteiger partial charge on any atom is -0.496 e. The number of methoxy groups -OCH3 is 1. The van der Waals surface area contributed by atoms with Crippen molar-refractivity contribution in [1.29, 1.82) is 0 Å². The molecule has 0 saturated heterocycles. The van der Waals surface area contributed by atoms with Crippen LogP contribution in [-0.2, 0) is 9.53 Å². The van der Waals surface area contributed by atoms with E-state index in [4.69, 9.17) is 16.3 Å². The van der Waals surface area contributed by atoms with Gasteiger partial charge in [-0.1, -0.05) is 29.8 Å². The maximum Gasteiger partial charge on any atom is 0.339 e. The van der Waals surface area contributed by atoms with Crippen molar-refractivity contribution in [2.24, 2.45) is 0 Å². The van der Waals surface area contributed by atoms with Gasteiger partial charge in [0.25, 0.3) is 5.91 Å². The number of carbonyl (C=O) groups is 2. The molecule has 0 unspecified atom stereocenters. The number of ether oxygens (including phenoxy) is 1. The zero-order valence-corrected chi connectivity index (χ0v) is 14.8. The summed E-state index contributed by atoms with van der Waals surface area (Å²) in [4.78, 5) is 24.2. The van der Waals surface area contributed by atoms with Gasteiger partial charge in [0.15, 0.2) is 0 Å². The summed E-state index contributed by atoms with van der Waals surface area (Å²) in [6.07, 6.45) is 4.14. The molecule has 7 heteroatoms. The lowest BCUT2D eigenvalue weighted by molar-refractivity contribution is -0.112. The number of nitrogens with one attached hydrogen (secondary N) is 1. The van der Waals surface area contributed by atoms with Gasteiger partial charge in [-0.25, -0.2) is 4.79 Å².